The molecule has 1 aromatic carbocycles. The van der Waals surface area contributed by atoms with Crippen molar-refractivity contribution < 1.29 is 18.4 Å². The Morgan fingerprint density at radius 1 is 1.16 bits per heavy atom. The molecule has 0 radical (unpaired) electrons. The van der Waals surface area contributed by atoms with E-state index >= 15 is 8.78 Å². The lowest BCUT2D eigenvalue weighted by molar-refractivity contribution is -0.126. The van der Waals surface area contributed by atoms with Crippen molar-refractivity contribution in [1.29, 1.82) is 0 Å². The predicted octanol–water partition coefficient (Wildman–Crippen LogP) is 4.51. The zero-order valence-electron chi connectivity index (χ0n) is 24.3. The number of hydrogen-bond donors (Lipinski definition) is 1. The van der Waals surface area contributed by atoms with E-state index in [2.05, 4.69) is 26.8 Å². The maximum absolute atomic E-state index is 16.1. The van der Waals surface area contributed by atoms with Crippen molar-refractivity contribution in [3.8, 4) is 16.9 Å². The van der Waals surface area contributed by atoms with E-state index in [9.17, 15) is 14.4 Å². The number of thioether (sulfide) groups is 1. The van der Waals surface area contributed by atoms with E-state index in [1.165, 1.54) is 40.6 Å². The zero-order chi connectivity index (χ0) is 31.3. The third-order valence-corrected chi connectivity index (χ3v) is 8.80. The number of nitrogens with one attached hydrogen (secondary N) is 1. The standard InChI is InChI=1S/C31H29F2N7O3S/c1-5-24(42)38-11-12-39(17(4)14-38)29-18-13-20(33)27-25-19(32)7-6-8-21(25)35-23(41)15-44-22-9-10-34-26(16(2)3)28(22)40(30(18)36-27)31(43)37-29/h5-10,13,16-17H,1,11-12,14-15H2,2-4H3,(H,35,41)/t17-/m1/s1. The number of benzene rings is 1. The van der Waals surface area contributed by atoms with E-state index < -0.39 is 23.2 Å². The van der Waals surface area contributed by atoms with Crippen LogP contribution in [0.15, 0.2) is 58.9 Å². The Morgan fingerprint density at radius 3 is 2.68 bits per heavy atom. The summed E-state index contributed by atoms with van der Waals surface area (Å²) in [5, 5.41) is 2.93. The van der Waals surface area contributed by atoms with Crippen molar-refractivity contribution in [3.63, 3.8) is 0 Å². The Bertz CT molecular complexity index is 1910. The van der Waals surface area contributed by atoms with E-state index in [0.717, 1.165) is 6.07 Å². The second-order valence-corrected chi connectivity index (χ2v) is 12.0. The van der Waals surface area contributed by atoms with Gasteiger partial charge in [0, 0.05) is 36.8 Å². The molecule has 3 aromatic heterocycles. The number of amides is 2. The smallest absolute Gasteiger partial charge is 0.350 e. The molecule has 226 valence electrons. The molecule has 0 aliphatic carbocycles. The minimum absolute atomic E-state index is 0.0551. The average molecular weight is 618 g/mol. The Labute approximate surface area is 255 Å². The third-order valence-electron chi connectivity index (χ3n) is 7.76. The first-order valence-corrected chi connectivity index (χ1v) is 15.1. The molecule has 4 aromatic rings. The first-order chi connectivity index (χ1) is 21.1. The van der Waals surface area contributed by atoms with Gasteiger partial charge in [-0.15, -0.1) is 11.8 Å². The summed E-state index contributed by atoms with van der Waals surface area (Å²) in [5.74, 6) is -2.31. The molecule has 0 unspecified atom stereocenters. The second kappa shape index (κ2) is 11.5. The highest BCUT2D eigenvalue weighted by Crippen LogP contribution is 2.38. The maximum atomic E-state index is 16.1. The fourth-order valence-electron chi connectivity index (χ4n) is 5.72. The van der Waals surface area contributed by atoms with Crippen molar-refractivity contribution in [1.82, 2.24) is 24.4 Å². The highest BCUT2D eigenvalue weighted by Gasteiger charge is 2.31. The molecule has 1 saturated heterocycles. The summed E-state index contributed by atoms with van der Waals surface area (Å²) >= 11 is 1.19. The minimum Gasteiger partial charge on any atom is -0.350 e. The fourth-order valence-corrected chi connectivity index (χ4v) is 6.57. The van der Waals surface area contributed by atoms with Gasteiger partial charge in [0.15, 0.2) is 11.5 Å². The molecule has 1 N–H and O–H groups in total. The van der Waals surface area contributed by atoms with E-state index in [1.54, 1.807) is 17.2 Å². The van der Waals surface area contributed by atoms with E-state index in [4.69, 9.17) is 0 Å². The summed E-state index contributed by atoms with van der Waals surface area (Å²) < 4.78 is 32.8. The van der Waals surface area contributed by atoms with Crippen molar-refractivity contribution >= 4 is 46.1 Å². The van der Waals surface area contributed by atoms with Gasteiger partial charge in [0.2, 0.25) is 11.8 Å². The highest BCUT2D eigenvalue weighted by atomic mass is 32.2. The van der Waals surface area contributed by atoms with E-state index in [0.29, 0.717) is 35.9 Å². The normalized spacial score (nSPS) is 16.7. The minimum atomic E-state index is -0.860. The Hall–Kier alpha value is -4.65. The highest BCUT2D eigenvalue weighted by molar-refractivity contribution is 8.00. The second-order valence-electron chi connectivity index (χ2n) is 11.0. The average Bonchev–Trinajstić information content (AvgIpc) is 2.99. The Kier molecular flexibility index (Phi) is 7.66. The number of pyridine rings is 2. The van der Waals surface area contributed by atoms with Crippen molar-refractivity contribution in [2.24, 2.45) is 0 Å². The molecular formula is C31H29F2N7O3S. The van der Waals surface area contributed by atoms with E-state index in [-0.39, 0.29) is 57.4 Å². The monoisotopic (exact) mass is 617 g/mol. The molecule has 1 fully saturated rings. The van der Waals surface area contributed by atoms with Gasteiger partial charge in [-0.1, -0.05) is 26.5 Å². The zero-order valence-corrected chi connectivity index (χ0v) is 25.1. The van der Waals surface area contributed by atoms with Crippen LogP contribution in [0.5, 0.6) is 0 Å². The van der Waals surface area contributed by atoms with Crippen LogP contribution >= 0.6 is 11.8 Å². The van der Waals surface area contributed by atoms with Crippen LogP contribution < -0.4 is 15.9 Å². The molecule has 0 saturated carbocycles. The van der Waals surface area contributed by atoms with Crippen molar-refractivity contribution in [2.75, 3.05) is 35.6 Å². The van der Waals surface area contributed by atoms with Crippen LogP contribution in [0.25, 0.3) is 28.0 Å². The number of anilines is 2. The number of rotatable bonds is 3. The number of nitrogens with zero attached hydrogens (tertiary/aromatic N) is 6. The van der Waals surface area contributed by atoms with Gasteiger partial charge in [-0.25, -0.2) is 23.1 Å². The molecule has 2 aliphatic heterocycles. The summed E-state index contributed by atoms with van der Waals surface area (Å²) in [4.78, 5) is 57.1. The third kappa shape index (κ3) is 5.00. The predicted molar refractivity (Wildman–Crippen MR) is 165 cm³/mol. The maximum Gasteiger partial charge on any atom is 0.355 e. The van der Waals surface area contributed by atoms with Gasteiger partial charge in [0.25, 0.3) is 0 Å². The molecule has 2 bridgehead atoms. The lowest BCUT2D eigenvalue weighted by Gasteiger charge is -2.40. The van der Waals surface area contributed by atoms with Crippen LogP contribution in [0.2, 0.25) is 0 Å². The summed E-state index contributed by atoms with van der Waals surface area (Å²) in [6.07, 6.45) is 2.86. The molecule has 44 heavy (non-hydrogen) atoms. The number of carbonyl (C=O) groups is 2. The molecule has 6 rings (SSSR count). The van der Waals surface area contributed by atoms with Crippen LogP contribution in [-0.2, 0) is 9.59 Å². The topological polar surface area (TPSA) is 113 Å². The number of piperazine rings is 1. The first kappa shape index (κ1) is 29.4. The van der Waals surface area contributed by atoms with Gasteiger partial charge in [0.05, 0.1) is 33.8 Å². The Balaban J connectivity index is 1.70. The van der Waals surface area contributed by atoms with Crippen LogP contribution in [0, 0.1) is 11.6 Å². The van der Waals surface area contributed by atoms with Gasteiger partial charge in [-0.2, -0.15) is 4.98 Å². The van der Waals surface area contributed by atoms with E-state index in [1.807, 2.05) is 25.7 Å². The number of fused-ring (bicyclic) bond motifs is 5. The van der Waals surface area contributed by atoms with Gasteiger partial charge in [0.1, 0.15) is 17.3 Å². The van der Waals surface area contributed by atoms with Crippen LogP contribution in [0.1, 0.15) is 32.4 Å². The molecule has 10 nitrogen and oxygen atoms in total. The molecule has 1 atom stereocenters. The van der Waals surface area contributed by atoms with Crippen molar-refractivity contribution in [3.05, 3.63) is 77.0 Å². The summed E-state index contributed by atoms with van der Waals surface area (Å²) in [6.45, 7) is 10.3. The SMILES string of the molecule is C=CC(=O)N1CCN(c2nc(=O)n3c4nc(c(F)cc24)-c2c(F)cccc2NC(=O)CSc2ccnc(C(C)C)c2-3)[C@H](C)C1. The number of aromatic nitrogens is 4. The van der Waals surface area contributed by atoms with Crippen molar-refractivity contribution in [2.45, 2.75) is 37.6 Å². The number of carbonyl (C=O) groups excluding carboxylic acids is 2. The van der Waals surface area contributed by atoms with Gasteiger partial charge >= 0.3 is 5.69 Å². The molecule has 13 heteroatoms. The lowest BCUT2D eigenvalue weighted by atomic mass is 10.1. The number of hydrogen-bond acceptors (Lipinski definition) is 8. The van der Waals surface area contributed by atoms with Crippen LogP contribution in [0.4, 0.5) is 20.3 Å². The molecule has 2 amide bonds. The fraction of sp³-hybridized carbons (Fsp3) is 0.290. The van der Waals surface area contributed by atoms with Crippen LogP contribution in [0.3, 0.4) is 0 Å². The largest absolute Gasteiger partial charge is 0.355 e. The first-order valence-electron chi connectivity index (χ1n) is 14.1. The molecule has 0 spiro atoms. The summed E-state index contributed by atoms with van der Waals surface area (Å²) in [6, 6.07) is 6.67. The van der Waals surface area contributed by atoms with Gasteiger partial charge in [-0.05, 0) is 43.2 Å². The molecule has 2 aliphatic rings. The number of halogens is 2. The summed E-state index contributed by atoms with van der Waals surface area (Å²) in [7, 11) is 0. The quantitative estimate of drug-likeness (QED) is 0.334. The van der Waals surface area contributed by atoms with Gasteiger partial charge in [-0.3, -0.25) is 14.6 Å². The van der Waals surface area contributed by atoms with Crippen LogP contribution in [-0.4, -0.2) is 67.7 Å². The molecular weight excluding hydrogens is 588 g/mol. The lowest BCUT2D eigenvalue weighted by Crippen LogP contribution is -2.54. The van der Waals surface area contributed by atoms with Gasteiger partial charge < -0.3 is 15.1 Å². The summed E-state index contributed by atoms with van der Waals surface area (Å²) in [5.41, 5.74) is -0.247. The molecule has 5 heterocycles. The Morgan fingerprint density at radius 2 is 1.95 bits per heavy atom.